The highest BCUT2D eigenvalue weighted by atomic mass is 16.7. The maximum absolute atomic E-state index is 10.9. The lowest BCUT2D eigenvalue weighted by Crippen LogP contribution is -2.00. The molecule has 0 amide bonds. The Kier molecular flexibility index (Phi) is 6.22. The van der Waals surface area contributed by atoms with Gasteiger partial charge in [-0.15, -0.1) is 0 Å². The van der Waals surface area contributed by atoms with Crippen molar-refractivity contribution >= 4 is 11.9 Å². The van der Waals surface area contributed by atoms with Crippen molar-refractivity contribution in [2.24, 2.45) is 0 Å². The van der Waals surface area contributed by atoms with Crippen molar-refractivity contribution in [3.63, 3.8) is 0 Å². The molecule has 0 saturated heterocycles. The van der Waals surface area contributed by atoms with Crippen molar-refractivity contribution < 1.29 is 28.5 Å². The molecular formula is C19H22O6. The van der Waals surface area contributed by atoms with Gasteiger partial charge in [0.2, 0.25) is 6.79 Å². The lowest BCUT2D eigenvalue weighted by Gasteiger charge is -2.12. The van der Waals surface area contributed by atoms with Gasteiger partial charge < -0.3 is 18.9 Å². The summed E-state index contributed by atoms with van der Waals surface area (Å²) in [5, 5.41) is 0. The van der Waals surface area contributed by atoms with Crippen LogP contribution >= 0.6 is 0 Å². The van der Waals surface area contributed by atoms with E-state index in [9.17, 15) is 9.59 Å². The number of carbonyl (C=O) groups is 2. The fraction of sp³-hybridized carbons (Fsp3) is 0.368. The van der Waals surface area contributed by atoms with Crippen LogP contribution < -0.4 is 9.47 Å². The van der Waals surface area contributed by atoms with E-state index in [2.05, 4.69) is 0 Å². The molecule has 0 aliphatic carbocycles. The second-order valence-corrected chi connectivity index (χ2v) is 5.98. The van der Waals surface area contributed by atoms with Crippen LogP contribution in [0.4, 0.5) is 0 Å². The normalized spacial score (nSPS) is 13.6. The third-order valence-electron chi connectivity index (χ3n) is 3.49. The van der Waals surface area contributed by atoms with E-state index >= 15 is 0 Å². The fourth-order valence-corrected chi connectivity index (χ4v) is 2.41. The number of ether oxygens (including phenoxy) is 4. The van der Waals surface area contributed by atoms with Crippen molar-refractivity contribution in [2.45, 2.75) is 40.5 Å². The topological polar surface area (TPSA) is 71.1 Å². The van der Waals surface area contributed by atoms with Gasteiger partial charge in [-0.2, -0.15) is 0 Å². The first-order chi connectivity index (χ1) is 11.8. The SMILES string of the molecule is CC(=O)O/C=C(\C)Cc1cc2c(cc1C/C(C)=C/OC(C)=O)OCO2. The van der Waals surface area contributed by atoms with Gasteiger partial charge in [-0.1, -0.05) is 0 Å². The van der Waals surface area contributed by atoms with E-state index in [1.165, 1.54) is 26.4 Å². The van der Waals surface area contributed by atoms with Crippen LogP contribution in [-0.4, -0.2) is 18.7 Å². The molecule has 1 aliphatic rings. The fourth-order valence-electron chi connectivity index (χ4n) is 2.41. The molecule has 25 heavy (non-hydrogen) atoms. The Morgan fingerprint density at radius 2 is 1.28 bits per heavy atom. The highest BCUT2D eigenvalue weighted by Crippen LogP contribution is 2.36. The molecule has 1 aliphatic heterocycles. The summed E-state index contributed by atoms with van der Waals surface area (Å²) in [6.45, 7) is 6.69. The average Bonchev–Trinajstić information content (AvgIpc) is 2.98. The highest BCUT2D eigenvalue weighted by Gasteiger charge is 2.17. The smallest absolute Gasteiger partial charge is 0.307 e. The third-order valence-corrected chi connectivity index (χ3v) is 3.49. The Bertz CT molecular complexity index is 669. The van der Waals surface area contributed by atoms with Crippen LogP contribution in [0.1, 0.15) is 38.8 Å². The summed E-state index contributed by atoms with van der Waals surface area (Å²) in [7, 11) is 0. The number of hydrogen-bond donors (Lipinski definition) is 0. The number of fused-ring (bicyclic) bond motifs is 1. The van der Waals surface area contributed by atoms with Crippen molar-refractivity contribution in [3.8, 4) is 11.5 Å². The molecule has 1 aromatic carbocycles. The molecule has 1 heterocycles. The van der Waals surface area contributed by atoms with E-state index in [0.717, 1.165) is 22.3 Å². The average molecular weight is 346 g/mol. The van der Waals surface area contributed by atoms with Gasteiger partial charge in [0.15, 0.2) is 11.5 Å². The molecule has 0 radical (unpaired) electrons. The summed E-state index contributed by atoms with van der Waals surface area (Å²) >= 11 is 0. The summed E-state index contributed by atoms with van der Waals surface area (Å²) in [6.07, 6.45) is 4.11. The molecule has 1 aromatic rings. The van der Waals surface area contributed by atoms with Crippen molar-refractivity contribution in [1.29, 1.82) is 0 Å². The predicted octanol–water partition coefficient (Wildman–Crippen LogP) is 3.43. The molecule has 0 N–H and O–H groups in total. The first kappa shape index (κ1) is 18.6. The van der Waals surface area contributed by atoms with Crippen LogP contribution in [0.3, 0.4) is 0 Å². The summed E-state index contributed by atoms with van der Waals surface area (Å²) in [4.78, 5) is 21.9. The third kappa shape index (κ3) is 5.67. The van der Waals surface area contributed by atoms with Gasteiger partial charge in [0.05, 0.1) is 12.5 Å². The second-order valence-electron chi connectivity index (χ2n) is 5.98. The molecule has 134 valence electrons. The van der Waals surface area contributed by atoms with Crippen molar-refractivity contribution in [1.82, 2.24) is 0 Å². The van der Waals surface area contributed by atoms with Crippen molar-refractivity contribution in [3.05, 3.63) is 46.9 Å². The van der Waals surface area contributed by atoms with E-state index in [1.54, 1.807) is 0 Å². The zero-order valence-electron chi connectivity index (χ0n) is 14.9. The van der Waals surface area contributed by atoms with Crippen LogP contribution in [-0.2, 0) is 31.9 Å². The zero-order valence-corrected chi connectivity index (χ0v) is 14.9. The minimum Gasteiger partial charge on any atom is -0.454 e. The number of allylic oxidation sites excluding steroid dienone is 2. The Morgan fingerprint density at radius 3 is 1.64 bits per heavy atom. The summed E-state index contributed by atoms with van der Waals surface area (Å²) in [5.41, 5.74) is 3.86. The number of rotatable bonds is 6. The number of hydrogen-bond acceptors (Lipinski definition) is 6. The van der Waals surface area contributed by atoms with Gasteiger partial charge in [0.25, 0.3) is 0 Å². The summed E-state index contributed by atoms with van der Waals surface area (Å²) < 4.78 is 20.8. The minimum atomic E-state index is -0.356. The standard InChI is InChI=1S/C19H22O6/c1-12(9-22-14(3)20)5-16-7-18-19(25-11-24-18)8-17(16)6-13(2)10-23-15(4)21/h7-10H,5-6,11H2,1-4H3/b12-9+,13-10+. The quantitative estimate of drug-likeness (QED) is 0.580. The molecule has 6 heteroatoms. The van der Waals surface area contributed by atoms with Crippen LogP contribution in [0.25, 0.3) is 0 Å². The van der Waals surface area contributed by atoms with Crippen molar-refractivity contribution in [2.75, 3.05) is 6.79 Å². The first-order valence-electron chi connectivity index (χ1n) is 7.92. The monoisotopic (exact) mass is 346 g/mol. The van der Waals surface area contributed by atoms with Gasteiger partial charge in [-0.25, -0.2) is 0 Å². The van der Waals surface area contributed by atoms with Crippen LogP contribution in [0.5, 0.6) is 11.5 Å². The second kappa shape index (κ2) is 8.37. The number of benzene rings is 1. The molecule has 0 atom stereocenters. The molecule has 2 rings (SSSR count). The van der Waals surface area contributed by atoms with E-state index in [4.69, 9.17) is 18.9 Å². The Balaban J connectivity index is 2.24. The number of esters is 2. The molecule has 0 fully saturated rings. The minimum absolute atomic E-state index is 0.197. The Hall–Kier alpha value is -2.76. The highest BCUT2D eigenvalue weighted by molar-refractivity contribution is 5.67. The largest absolute Gasteiger partial charge is 0.454 e. The van der Waals surface area contributed by atoms with E-state index < -0.39 is 0 Å². The molecule has 0 bridgehead atoms. The van der Waals surface area contributed by atoms with E-state index in [1.807, 2.05) is 26.0 Å². The van der Waals surface area contributed by atoms with Gasteiger partial charge in [0.1, 0.15) is 0 Å². The summed E-state index contributed by atoms with van der Waals surface area (Å²) in [5.74, 6) is 0.678. The van der Waals surface area contributed by atoms with E-state index in [0.29, 0.717) is 24.3 Å². The lowest BCUT2D eigenvalue weighted by molar-refractivity contribution is -0.136. The van der Waals surface area contributed by atoms with E-state index in [-0.39, 0.29) is 18.7 Å². The van der Waals surface area contributed by atoms with Gasteiger partial charge >= 0.3 is 11.9 Å². The molecule has 0 unspecified atom stereocenters. The summed E-state index contributed by atoms with van der Waals surface area (Å²) in [6, 6.07) is 3.86. The lowest BCUT2D eigenvalue weighted by atomic mass is 9.96. The zero-order chi connectivity index (χ0) is 18.4. The van der Waals surface area contributed by atoms with Gasteiger partial charge in [0, 0.05) is 13.8 Å². The molecule has 0 aromatic heterocycles. The maximum Gasteiger partial charge on any atom is 0.307 e. The molecule has 6 nitrogen and oxygen atoms in total. The first-order valence-corrected chi connectivity index (χ1v) is 7.92. The van der Waals surface area contributed by atoms with Crippen LogP contribution in [0.2, 0.25) is 0 Å². The Labute approximate surface area is 147 Å². The molecule has 0 saturated carbocycles. The van der Waals surface area contributed by atoms with Gasteiger partial charge in [-0.3, -0.25) is 9.59 Å². The van der Waals surface area contributed by atoms with Crippen LogP contribution in [0, 0.1) is 0 Å². The molecule has 0 spiro atoms. The molecular weight excluding hydrogens is 324 g/mol. The van der Waals surface area contributed by atoms with Crippen LogP contribution in [0.15, 0.2) is 35.8 Å². The Morgan fingerprint density at radius 1 is 0.880 bits per heavy atom. The number of carbonyl (C=O) groups excluding carboxylic acids is 2. The maximum atomic E-state index is 10.9. The van der Waals surface area contributed by atoms with Gasteiger partial charge in [-0.05, 0) is 61.1 Å². The predicted molar refractivity (Wildman–Crippen MR) is 91.0 cm³/mol.